The summed E-state index contributed by atoms with van der Waals surface area (Å²) < 4.78 is 5.06. The molecule has 3 N–H and O–H groups in total. The summed E-state index contributed by atoms with van der Waals surface area (Å²) in [5, 5.41) is 2.49. The first-order valence-electron chi connectivity index (χ1n) is 6.48. The molecule has 0 heterocycles. The molecule has 2 rings (SSSR count). The van der Waals surface area contributed by atoms with E-state index in [0.717, 1.165) is 5.56 Å². The molecular weight excluding hydrogens is 268 g/mol. The van der Waals surface area contributed by atoms with Crippen molar-refractivity contribution in [2.24, 2.45) is 0 Å². The molecule has 5 nitrogen and oxygen atoms in total. The van der Waals surface area contributed by atoms with Crippen molar-refractivity contribution in [2.75, 3.05) is 12.3 Å². The van der Waals surface area contributed by atoms with Gasteiger partial charge in [0.25, 0.3) is 5.91 Å². The van der Waals surface area contributed by atoms with Crippen molar-refractivity contribution >= 4 is 17.6 Å². The van der Waals surface area contributed by atoms with Gasteiger partial charge >= 0.3 is 5.97 Å². The lowest BCUT2D eigenvalue weighted by Gasteiger charge is -2.07. The average Bonchev–Trinajstić information content (AvgIpc) is 2.51. The number of carbonyl (C=O) groups is 2. The maximum absolute atomic E-state index is 11.8. The van der Waals surface area contributed by atoms with Gasteiger partial charge < -0.3 is 15.8 Å². The number of anilines is 1. The van der Waals surface area contributed by atoms with Gasteiger partial charge in [-0.25, -0.2) is 0 Å². The summed E-state index contributed by atoms with van der Waals surface area (Å²) in [4.78, 5) is 23.4. The monoisotopic (exact) mass is 284 g/mol. The van der Waals surface area contributed by atoms with E-state index in [1.54, 1.807) is 24.3 Å². The van der Waals surface area contributed by atoms with Gasteiger partial charge in [0.2, 0.25) is 0 Å². The van der Waals surface area contributed by atoms with E-state index in [9.17, 15) is 9.59 Å². The molecule has 0 bridgehead atoms. The zero-order valence-corrected chi connectivity index (χ0v) is 11.4. The molecule has 2 aromatic rings. The largest absolute Gasteiger partial charge is 0.460 e. The van der Waals surface area contributed by atoms with Gasteiger partial charge in [-0.3, -0.25) is 9.59 Å². The summed E-state index contributed by atoms with van der Waals surface area (Å²) >= 11 is 0. The minimum absolute atomic E-state index is 0.180. The van der Waals surface area contributed by atoms with Crippen molar-refractivity contribution in [3.63, 3.8) is 0 Å². The van der Waals surface area contributed by atoms with Gasteiger partial charge in [-0.05, 0) is 23.8 Å². The Kier molecular flexibility index (Phi) is 4.93. The molecule has 0 saturated heterocycles. The van der Waals surface area contributed by atoms with Gasteiger partial charge in [0.1, 0.15) is 13.2 Å². The van der Waals surface area contributed by atoms with Crippen LogP contribution >= 0.6 is 0 Å². The molecule has 0 saturated carbocycles. The minimum atomic E-state index is -0.490. The molecule has 0 fully saturated rings. The Hall–Kier alpha value is -2.82. The SMILES string of the molecule is Nc1cccc(C(=O)NCC(=O)OCc2ccccc2)c1. The van der Waals surface area contributed by atoms with Crippen LogP contribution in [0.5, 0.6) is 0 Å². The fraction of sp³-hybridized carbons (Fsp3) is 0.125. The number of nitrogens with two attached hydrogens (primary N) is 1. The molecular formula is C16H16N2O3. The molecule has 0 radical (unpaired) electrons. The molecule has 0 unspecified atom stereocenters. The number of benzene rings is 2. The maximum Gasteiger partial charge on any atom is 0.325 e. The molecule has 0 spiro atoms. The molecule has 2 aromatic carbocycles. The lowest BCUT2D eigenvalue weighted by atomic mass is 10.2. The van der Waals surface area contributed by atoms with Gasteiger partial charge in [-0.1, -0.05) is 36.4 Å². The fourth-order valence-electron chi connectivity index (χ4n) is 1.72. The maximum atomic E-state index is 11.8. The van der Waals surface area contributed by atoms with Crippen molar-refractivity contribution in [3.8, 4) is 0 Å². The summed E-state index contributed by atoms with van der Waals surface area (Å²) in [5.74, 6) is -0.852. The van der Waals surface area contributed by atoms with Crippen molar-refractivity contribution in [1.29, 1.82) is 0 Å². The van der Waals surface area contributed by atoms with Gasteiger partial charge in [-0.2, -0.15) is 0 Å². The van der Waals surface area contributed by atoms with Crippen LogP contribution in [0.15, 0.2) is 54.6 Å². The summed E-state index contributed by atoms with van der Waals surface area (Å²) in [7, 11) is 0. The quantitative estimate of drug-likeness (QED) is 0.647. The number of nitrogen functional groups attached to an aromatic ring is 1. The van der Waals surface area contributed by atoms with Crippen LogP contribution in [0, 0.1) is 0 Å². The highest BCUT2D eigenvalue weighted by atomic mass is 16.5. The van der Waals surface area contributed by atoms with Crippen LogP contribution in [-0.4, -0.2) is 18.4 Å². The molecule has 1 amide bonds. The molecule has 0 atom stereocenters. The molecule has 21 heavy (non-hydrogen) atoms. The van der Waals surface area contributed by atoms with Gasteiger partial charge in [0.05, 0.1) is 0 Å². The molecule has 5 heteroatoms. The zero-order valence-electron chi connectivity index (χ0n) is 11.4. The Morgan fingerprint density at radius 1 is 1.05 bits per heavy atom. The van der Waals surface area contributed by atoms with Crippen LogP contribution < -0.4 is 11.1 Å². The van der Waals surface area contributed by atoms with E-state index in [2.05, 4.69) is 5.32 Å². The highest BCUT2D eigenvalue weighted by molar-refractivity contribution is 5.96. The number of hydrogen-bond donors (Lipinski definition) is 2. The number of carbonyl (C=O) groups excluding carboxylic acids is 2. The van der Waals surface area contributed by atoms with Crippen LogP contribution in [-0.2, 0) is 16.1 Å². The number of hydrogen-bond acceptors (Lipinski definition) is 4. The molecule has 0 aliphatic heterocycles. The molecule has 0 aliphatic rings. The van der Waals surface area contributed by atoms with Crippen LogP contribution in [0.4, 0.5) is 5.69 Å². The third-order valence-corrected chi connectivity index (χ3v) is 2.78. The normalized spacial score (nSPS) is 9.90. The van der Waals surface area contributed by atoms with Gasteiger partial charge in [-0.15, -0.1) is 0 Å². The predicted octanol–water partition coefficient (Wildman–Crippen LogP) is 1.74. The first-order chi connectivity index (χ1) is 10.1. The van der Waals surface area contributed by atoms with Crippen LogP contribution in [0.3, 0.4) is 0 Å². The number of esters is 1. The van der Waals surface area contributed by atoms with E-state index in [4.69, 9.17) is 10.5 Å². The number of nitrogens with one attached hydrogen (secondary N) is 1. The number of ether oxygens (including phenoxy) is 1. The second kappa shape index (κ2) is 7.09. The van der Waals surface area contributed by atoms with Crippen LogP contribution in [0.2, 0.25) is 0 Å². The summed E-state index contributed by atoms with van der Waals surface area (Å²) in [6.07, 6.45) is 0. The minimum Gasteiger partial charge on any atom is -0.460 e. The average molecular weight is 284 g/mol. The summed E-state index contributed by atoms with van der Waals surface area (Å²) in [6.45, 7) is 0.00823. The van der Waals surface area contributed by atoms with Crippen molar-refractivity contribution in [2.45, 2.75) is 6.61 Å². The Labute approximate surface area is 122 Å². The Bertz CT molecular complexity index is 626. The Morgan fingerprint density at radius 3 is 2.52 bits per heavy atom. The molecule has 108 valence electrons. The third-order valence-electron chi connectivity index (χ3n) is 2.78. The highest BCUT2D eigenvalue weighted by Crippen LogP contribution is 2.06. The lowest BCUT2D eigenvalue weighted by molar-refractivity contribution is -0.143. The van der Waals surface area contributed by atoms with E-state index in [0.29, 0.717) is 11.3 Å². The first kappa shape index (κ1) is 14.6. The molecule has 0 aromatic heterocycles. The fourth-order valence-corrected chi connectivity index (χ4v) is 1.72. The van der Waals surface area contributed by atoms with Crippen molar-refractivity contribution in [1.82, 2.24) is 5.32 Å². The van der Waals surface area contributed by atoms with E-state index in [1.165, 1.54) is 0 Å². The smallest absolute Gasteiger partial charge is 0.325 e. The number of rotatable bonds is 5. The van der Waals surface area contributed by atoms with Crippen LogP contribution in [0.25, 0.3) is 0 Å². The van der Waals surface area contributed by atoms with E-state index in [1.807, 2.05) is 30.3 Å². The van der Waals surface area contributed by atoms with E-state index < -0.39 is 5.97 Å². The van der Waals surface area contributed by atoms with E-state index >= 15 is 0 Å². The number of amides is 1. The summed E-state index contributed by atoms with van der Waals surface area (Å²) in [5.41, 5.74) is 7.39. The molecule has 0 aliphatic carbocycles. The zero-order chi connectivity index (χ0) is 15.1. The van der Waals surface area contributed by atoms with Crippen molar-refractivity contribution in [3.05, 3.63) is 65.7 Å². The Balaban J connectivity index is 1.77. The van der Waals surface area contributed by atoms with Crippen molar-refractivity contribution < 1.29 is 14.3 Å². The topological polar surface area (TPSA) is 81.4 Å². The van der Waals surface area contributed by atoms with Gasteiger partial charge in [0.15, 0.2) is 0 Å². The summed E-state index contributed by atoms with van der Waals surface area (Å²) in [6, 6.07) is 15.9. The van der Waals surface area contributed by atoms with Crippen LogP contribution in [0.1, 0.15) is 15.9 Å². The van der Waals surface area contributed by atoms with E-state index in [-0.39, 0.29) is 19.1 Å². The second-order valence-electron chi connectivity index (χ2n) is 4.45. The van der Waals surface area contributed by atoms with Gasteiger partial charge in [0, 0.05) is 11.3 Å². The first-order valence-corrected chi connectivity index (χ1v) is 6.48. The third kappa shape index (κ3) is 4.65. The highest BCUT2D eigenvalue weighted by Gasteiger charge is 2.09. The standard InChI is InChI=1S/C16H16N2O3/c17-14-8-4-7-13(9-14)16(20)18-10-15(19)21-11-12-5-2-1-3-6-12/h1-9H,10-11,17H2,(H,18,20). The Morgan fingerprint density at radius 2 is 1.81 bits per heavy atom. The predicted molar refractivity (Wildman–Crippen MR) is 79.4 cm³/mol. The second-order valence-corrected chi connectivity index (χ2v) is 4.45. The lowest BCUT2D eigenvalue weighted by Crippen LogP contribution is -2.30.